The lowest BCUT2D eigenvalue weighted by atomic mass is 10.1. The molecule has 1 fully saturated rings. The summed E-state index contributed by atoms with van der Waals surface area (Å²) in [6, 6.07) is 17.7. The molecule has 5 heteroatoms. The van der Waals surface area contributed by atoms with E-state index in [1.807, 2.05) is 54.6 Å². The molecular formula is C21H24O5. The van der Waals surface area contributed by atoms with E-state index in [4.69, 9.17) is 18.9 Å². The number of benzene rings is 2. The number of hydrogen-bond donors (Lipinski definition) is 0. The third kappa shape index (κ3) is 5.14. The summed E-state index contributed by atoms with van der Waals surface area (Å²) in [7, 11) is 1.63. The summed E-state index contributed by atoms with van der Waals surface area (Å²) in [6.07, 6.45) is 0.540. The van der Waals surface area contributed by atoms with Crippen LogP contribution in [0.2, 0.25) is 0 Å². The second kappa shape index (κ2) is 9.48. The summed E-state index contributed by atoms with van der Waals surface area (Å²) in [4.78, 5) is 11.3. The molecule has 1 saturated heterocycles. The molecule has 26 heavy (non-hydrogen) atoms. The van der Waals surface area contributed by atoms with Gasteiger partial charge in [0, 0.05) is 6.42 Å². The van der Waals surface area contributed by atoms with Gasteiger partial charge < -0.3 is 23.7 Å². The first-order chi connectivity index (χ1) is 12.8. The quantitative estimate of drug-likeness (QED) is 0.646. The Kier molecular flexibility index (Phi) is 6.77. The SMILES string of the molecule is COc1ccc(CO[C@H]2C[C@@H](COCc3ccccc3)O[C@H]2C=O)cc1. The van der Waals surface area contributed by atoms with Crippen molar-refractivity contribution in [2.75, 3.05) is 13.7 Å². The normalized spacial score (nSPS) is 22.3. The van der Waals surface area contributed by atoms with Crippen molar-refractivity contribution in [2.45, 2.75) is 37.9 Å². The zero-order valence-corrected chi connectivity index (χ0v) is 14.9. The third-order valence-electron chi connectivity index (χ3n) is 4.38. The van der Waals surface area contributed by atoms with Crippen LogP contribution in [0.3, 0.4) is 0 Å². The van der Waals surface area contributed by atoms with Crippen LogP contribution < -0.4 is 4.74 Å². The lowest BCUT2D eigenvalue weighted by Gasteiger charge is -2.14. The van der Waals surface area contributed by atoms with Gasteiger partial charge in [-0.25, -0.2) is 0 Å². The highest BCUT2D eigenvalue weighted by atomic mass is 16.6. The molecule has 0 spiro atoms. The fourth-order valence-corrected chi connectivity index (χ4v) is 2.96. The first-order valence-electron chi connectivity index (χ1n) is 8.75. The second-order valence-electron chi connectivity index (χ2n) is 6.29. The summed E-state index contributed by atoms with van der Waals surface area (Å²) < 4.78 is 22.5. The minimum Gasteiger partial charge on any atom is -0.497 e. The molecule has 2 aromatic carbocycles. The highest BCUT2D eigenvalue weighted by Crippen LogP contribution is 2.24. The molecule has 0 N–H and O–H groups in total. The van der Waals surface area contributed by atoms with E-state index in [1.165, 1.54) is 0 Å². The van der Waals surface area contributed by atoms with Crippen LogP contribution in [-0.2, 0) is 32.2 Å². The molecule has 1 heterocycles. The molecule has 0 aliphatic carbocycles. The van der Waals surface area contributed by atoms with Gasteiger partial charge in [0.25, 0.3) is 0 Å². The zero-order valence-electron chi connectivity index (χ0n) is 14.9. The lowest BCUT2D eigenvalue weighted by molar-refractivity contribution is -0.124. The Labute approximate surface area is 153 Å². The summed E-state index contributed by atoms with van der Waals surface area (Å²) in [5, 5.41) is 0. The molecule has 0 aromatic heterocycles. The highest BCUT2D eigenvalue weighted by molar-refractivity contribution is 5.57. The first-order valence-corrected chi connectivity index (χ1v) is 8.75. The third-order valence-corrected chi connectivity index (χ3v) is 4.38. The predicted octanol–water partition coefficient (Wildman–Crippen LogP) is 3.15. The average molecular weight is 356 g/mol. The number of aldehydes is 1. The van der Waals surface area contributed by atoms with E-state index in [9.17, 15) is 4.79 Å². The molecule has 138 valence electrons. The van der Waals surface area contributed by atoms with Crippen molar-refractivity contribution in [1.29, 1.82) is 0 Å². The molecule has 3 rings (SSSR count). The van der Waals surface area contributed by atoms with E-state index < -0.39 is 6.10 Å². The fraction of sp³-hybridized carbons (Fsp3) is 0.381. The predicted molar refractivity (Wildman–Crippen MR) is 97.0 cm³/mol. The van der Waals surface area contributed by atoms with Crippen molar-refractivity contribution in [3.8, 4) is 5.75 Å². The van der Waals surface area contributed by atoms with E-state index in [2.05, 4.69) is 0 Å². The number of rotatable bonds is 9. The summed E-state index contributed by atoms with van der Waals surface area (Å²) >= 11 is 0. The van der Waals surface area contributed by atoms with Crippen molar-refractivity contribution < 1.29 is 23.7 Å². The van der Waals surface area contributed by atoms with Crippen LogP contribution >= 0.6 is 0 Å². The van der Waals surface area contributed by atoms with E-state index >= 15 is 0 Å². The van der Waals surface area contributed by atoms with Crippen LogP contribution in [0.1, 0.15) is 17.5 Å². The van der Waals surface area contributed by atoms with E-state index in [-0.39, 0.29) is 12.2 Å². The zero-order chi connectivity index (χ0) is 18.2. The monoisotopic (exact) mass is 356 g/mol. The topological polar surface area (TPSA) is 54.0 Å². The van der Waals surface area contributed by atoms with Gasteiger partial charge in [-0.1, -0.05) is 42.5 Å². The molecule has 0 radical (unpaired) electrons. The van der Waals surface area contributed by atoms with Crippen molar-refractivity contribution in [2.24, 2.45) is 0 Å². The molecule has 2 aromatic rings. The van der Waals surface area contributed by atoms with Gasteiger partial charge in [0.1, 0.15) is 11.9 Å². The summed E-state index contributed by atoms with van der Waals surface area (Å²) in [5.41, 5.74) is 2.14. The Morgan fingerprint density at radius 3 is 2.46 bits per heavy atom. The number of carbonyl (C=O) groups excluding carboxylic acids is 1. The van der Waals surface area contributed by atoms with Crippen LogP contribution in [0.4, 0.5) is 0 Å². The number of carbonyl (C=O) groups is 1. The molecule has 1 aliphatic rings. The summed E-state index contributed by atoms with van der Waals surface area (Å²) in [6.45, 7) is 1.41. The maximum absolute atomic E-state index is 11.3. The number of methoxy groups -OCH3 is 1. The van der Waals surface area contributed by atoms with E-state index in [1.54, 1.807) is 7.11 Å². The molecule has 3 atom stereocenters. The van der Waals surface area contributed by atoms with E-state index in [0.29, 0.717) is 26.2 Å². The van der Waals surface area contributed by atoms with Crippen LogP contribution in [-0.4, -0.2) is 38.3 Å². The molecule has 0 bridgehead atoms. The van der Waals surface area contributed by atoms with Gasteiger partial charge in [0.15, 0.2) is 6.29 Å². The highest BCUT2D eigenvalue weighted by Gasteiger charge is 2.35. The number of ether oxygens (including phenoxy) is 4. The largest absolute Gasteiger partial charge is 0.497 e. The Balaban J connectivity index is 1.44. The Hall–Kier alpha value is -2.21. The lowest BCUT2D eigenvalue weighted by Crippen LogP contribution is -2.25. The van der Waals surface area contributed by atoms with Gasteiger partial charge in [-0.3, -0.25) is 0 Å². The first kappa shape index (κ1) is 18.6. The Morgan fingerprint density at radius 2 is 1.77 bits per heavy atom. The van der Waals surface area contributed by atoms with Crippen molar-refractivity contribution in [3.63, 3.8) is 0 Å². The minimum atomic E-state index is -0.543. The van der Waals surface area contributed by atoms with Crippen LogP contribution in [0, 0.1) is 0 Å². The van der Waals surface area contributed by atoms with Gasteiger partial charge >= 0.3 is 0 Å². The maximum Gasteiger partial charge on any atom is 0.151 e. The standard InChI is InChI=1S/C21H24O5/c1-23-18-9-7-17(8-10-18)14-25-20-11-19(26-21(20)12-22)15-24-13-16-5-3-2-4-6-16/h2-10,12,19-21H,11,13-15H2,1H3/t19-,20-,21-/m0/s1. The number of hydrogen-bond acceptors (Lipinski definition) is 5. The smallest absolute Gasteiger partial charge is 0.151 e. The van der Waals surface area contributed by atoms with Crippen molar-refractivity contribution in [1.82, 2.24) is 0 Å². The van der Waals surface area contributed by atoms with Crippen LogP contribution in [0.25, 0.3) is 0 Å². The maximum atomic E-state index is 11.3. The van der Waals surface area contributed by atoms with Crippen molar-refractivity contribution >= 4 is 6.29 Å². The van der Waals surface area contributed by atoms with Crippen LogP contribution in [0.15, 0.2) is 54.6 Å². The van der Waals surface area contributed by atoms with Gasteiger partial charge in [-0.05, 0) is 23.3 Å². The molecule has 0 saturated carbocycles. The molecule has 0 amide bonds. The Morgan fingerprint density at radius 1 is 1.04 bits per heavy atom. The van der Waals surface area contributed by atoms with Gasteiger partial charge in [-0.15, -0.1) is 0 Å². The van der Waals surface area contributed by atoms with Gasteiger partial charge in [-0.2, -0.15) is 0 Å². The van der Waals surface area contributed by atoms with Crippen LogP contribution in [0.5, 0.6) is 5.75 Å². The Bertz CT molecular complexity index is 671. The second-order valence-corrected chi connectivity index (χ2v) is 6.29. The molecule has 0 unspecified atom stereocenters. The van der Waals surface area contributed by atoms with Gasteiger partial charge in [0.2, 0.25) is 0 Å². The van der Waals surface area contributed by atoms with Gasteiger partial charge in [0.05, 0.1) is 39.1 Å². The van der Waals surface area contributed by atoms with Crippen molar-refractivity contribution in [3.05, 3.63) is 65.7 Å². The summed E-state index contributed by atoms with van der Waals surface area (Å²) in [5.74, 6) is 0.805. The van der Waals surface area contributed by atoms with E-state index in [0.717, 1.165) is 23.2 Å². The molecule has 5 nitrogen and oxygen atoms in total. The average Bonchev–Trinajstić information content (AvgIpc) is 3.09. The molecule has 1 aliphatic heterocycles. The molecular weight excluding hydrogens is 332 g/mol. The fourth-order valence-electron chi connectivity index (χ4n) is 2.96. The minimum absolute atomic E-state index is 0.130.